The maximum absolute atomic E-state index is 11.8. The molecule has 0 aliphatic rings. The van der Waals surface area contributed by atoms with Crippen LogP contribution in [0.1, 0.15) is 6.92 Å². The number of nitrogens with zero attached hydrogens (tertiary/aromatic N) is 1. The molecular formula is C12H15N5OS2. The number of para-hydroxylation sites is 1. The van der Waals surface area contributed by atoms with Gasteiger partial charge in [-0.05, 0) is 31.3 Å². The van der Waals surface area contributed by atoms with Gasteiger partial charge in [-0.25, -0.2) is 4.98 Å². The molecule has 1 heterocycles. The number of fused-ring (bicyclic) bond motifs is 1. The highest BCUT2D eigenvalue weighted by molar-refractivity contribution is 7.80. The maximum Gasteiger partial charge on any atom is 0.260 e. The summed E-state index contributed by atoms with van der Waals surface area (Å²) in [6, 6.07) is 7.40. The van der Waals surface area contributed by atoms with E-state index in [9.17, 15) is 4.79 Å². The van der Waals surface area contributed by atoms with Gasteiger partial charge in [-0.3, -0.25) is 15.6 Å². The Bertz CT molecular complexity index is 594. The number of amides is 1. The van der Waals surface area contributed by atoms with E-state index in [2.05, 4.69) is 26.5 Å². The van der Waals surface area contributed by atoms with Crippen molar-refractivity contribution in [1.29, 1.82) is 0 Å². The number of carbonyl (C=O) groups excluding carboxylic acids is 1. The summed E-state index contributed by atoms with van der Waals surface area (Å²) < 4.78 is 1.08. The van der Waals surface area contributed by atoms with Crippen molar-refractivity contribution in [2.45, 2.75) is 13.0 Å². The fourth-order valence-electron chi connectivity index (χ4n) is 1.47. The van der Waals surface area contributed by atoms with Crippen LogP contribution in [0, 0.1) is 0 Å². The Morgan fingerprint density at radius 2 is 2.10 bits per heavy atom. The topological polar surface area (TPSA) is 78.1 Å². The monoisotopic (exact) mass is 309 g/mol. The fourth-order valence-corrected chi connectivity index (χ4v) is 2.48. The van der Waals surface area contributed by atoms with E-state index >= 15 is 0 Å². The number of aromatic nitrogens is 1. The van der Waals surface area contributed by atoms with E-state index in [-0.39, 0.29) is 5.91 Å². The molecule has 0 fully saturated rings. The zero-order valence-electron chi connectivity index (χ0n) is 11.1. The minimum atomic E-state index is -0.428. The molecule has 0 aliphatic heterocycles. The van der Waals surface area contributed by atoms with Crippen molar-refractivity contribution in [1.82, 2.24) is 21.2 Å². The number of rotatable bonds is 3. The number of hydrogen-bond donors (Lipinski definition) is 4. The second kappa shape index (κ2) is 6.49. The molecule has 1 atom stereocenters. The highest BCUT2D eigenvalue weighted by Crippen LogP contribution is 2.25. The van der Waals surface area contributed by atoms with Crippen LogP contribution in [0.25, 0.3) is 10.2 Å². The molecule has 0 aliphatic carbocycles. The number of hydrazine groups is 1. The lowest BCUT2D eigenvalue weighted by atomic mass is 10.3. The molecule has 4 N–H and O–H groups in total. The van der Waals surface area contributed by atoms with Crippen molar-refractivity contribution in [3.8, 4) is 0 Å². The largest absolute Gasteiger partial charge is 0.364 e. The van der Waals surface area contributed by atoms with Crippen molar-refractivity contribution in [3.05, 3.63) is 24.3 Å². The maximum atomic E-state index is 11.8. The van der Waals surface area contributed by atoms with Crippen LogP contribution in [0.5, 0.6) is 0 Å². The summed E-state index contributed by atoms with van der Waals surface area (Å²) in [4.78, 5) is 16.3. The number of anilines is 1. The molecule has 0 radical (unpaired) electrons. The zero-order valence-corrected chi connectivity index (χ0v) is 12.7. The zero-order chi connectivity index (χ0) is 14.5. The lowest BCUT2D eigenvalue weighted by molar-refractivity contribution is -0.122. The average Bonchev–Trinajstić information content (AvgIpc) is 2.86. The third-order valence-corrected chi connectivity index (χ3v) is 3.83. The van der Waals surface area contributed by atoms with Crippen LogP contribution >= 0.6 is 23.6 Å². The molecule has 106 valence electrons. The van der Waals surface area contributed by atoms with Gasteiger partial charge in [0.05, 0.1) is 10.2 Å². The third-order valence-electron chi connectivity index (χ3n) is 2.55. The Morgan fingerprint density at radius 1 is 1.35 bits per heavy atom. The standard InChI is InChI=1S/C12H15N5OS2/c1-7(10(18)16-17-11(19)13-2)14-12-15-8-5-3-4-6-9(8)20-12/h3-7H,1-2H3,(H,14,15)(H,16,18)(H2,13,17,19)/t7-/m1/s1. The van der Waals surface area contributed by atoms with E-state index in [1.807, 2.05) is 24.3 Å². The molecule has 0 unspecified atom stereocenters. The molecular weight excluding hydrogens is 294 g/mol. The number of nitrogens with one attached hydrogen (secondary N) is 4. The quantitative estimate of drug-likeness (QED) is 0.504. The van der Waals surface area contributed by atoms with Crippen LogP contribution in [0.3, 0.4) is 0 Å². The van der Waals surface area contributed by atoms with Gasteiger partial charge in [-0.2, -0.15) is 0 Å². The van der Waals surface area contributed by atoms with Gasteiger partial charge in [0.25, 0.3) is 5.91 Å². The predicted molar refractivity (Wildman–Crippen MR) is 85.6 cm³/mol. The first-order valence-corrected chi connectivity index (χ1v) is 7.22. The summed E-state index contributed by atoms with van der Waals surface area (Å²) in [6.45, 7) is 1.76. The molecule has 20 heavy (non-hydrogen) atoms. The van der Waals surface area contributed by atoms with Gasteiger partial charge in [0.2, 0.25) is 0 Å². The summed E-state index contributed by atoms with van der Waals surface area (Å²) >= 11 is 6.38. The number of thiocarbonyl (C=S) groups is 1. The Hall–Kier alpha value is -1.93. The van der Waals surface area contributed by atoms with Crippen molar-refractivity contribution < 1.29 is 4.79 Å². The van der Waals surface area contributed by atoms with Crippen molar-refractivity contribution in [3.63, 3.8) is 0 Å². The van der Waals surface area contributed by atoms with Crippen LogP contribution < -0.4 is 21.5 Å². The SMILES string of the molecule is CNC(=S)NNC(=O)[C@@H](C)Nc1nc2ccccc2s1. The first kappa shape index (κ1) is 14.5. The van der Waals surface area contributed by atoms with E-state index in [1.165, 1.54) is 11.3 Å². The van der Waals surface area contributed by atoms with E-state index in [0.29, 0.717) is 10.2 Å². The normalized spacial score (nSPS) is 11.7. The first-order valence-electron chi connectivity index (χ1n) is 6.00. The van der Waals surface area contributed by atoms with Crippen LogP contribution in [0.2, 0.25) is 0 Å². The van der Waals surface area contributed by atoms with Crippen LogP contribution in [-0.4, -0.2) is 29.1 Å². The fraction of sp³-hybridized carbons (Fsp3) is 0.250. The lowest BCUT2D eigenvalue weighted by Gasteiger charge is -2.14. The molecule has 0 saturated carbocycles. The smallest absolute Gasteiger partial charge is 0.260 e. The summed E-state index contributed by atoms with van der Waals surface area (Å²) in [5, 5.41) is 6.83. The highest BCUT2D eigenvalue weighted by Gasteiger charge is 2.14. The molecule has 0 saturated heterocycles. The Kier molecular flexibility index (Phi) is 4.70. The summed E-state index contributed by atoms with van der Waals surface area (Å²) in [7, 11) is 1.67. The summed E-state index contributed by atoms with van der Waals surface area (Å²) in [5.74, 6) is -0.221. The lowest BCUT2D eigenvalue weighted by Crippen LogP contribution is -2.50. The molecule has 1 amide bonds. The van der Waals surface area contributed by atoms with Gasteiger partial charge in [0.1, 0.15) is 6.04 Å². The van der Waals surface area contributed by atoms with Gasteiger partial charge < -0.3 is 10.6 Å². The molecule has 0 spiro atoms. The van der Waals surface area contributed by atoms with Gasteiger partial charge in [0.15, 0.2) is 10.2 Å². The van der Waals surface area contributed by atoms with Gasteiger partial charge in [-0.1, -0.05) is 23.5 Å². The minimum Gasteiger partial charge on any atom is -0.364 e. The Labute approximate surface area is 125 Å². The van der Waals surface area contributed by atoms with Crippen molar-refractivity contribution in [2.24, 2.45) is 0 Å². The minimum absolute atomic E-state index is 0.221. The molecule has 0 bridgehead atoms. The predicted octanol–water partition coefficient (Wildman–Crippen LogP) is 1.22. The first-order chi connectivity index (χ1) is 9.60. The molecule has 1 aromatic carbocycles. The summed E-state index contributed by atoms with van der Waals surface area (Å²) in [5.41, 5.74) is 6.02. The second-order valence-electron chi connectivity index (χ2n) is 4.05. The summed E-state index contributed by atoms with van der Waals surface area (Å²) in [6.07, 6.45) is 0. The van der Waals surface area contributed by atoms with Crippen LogP contribution in [-0.2, 0) is 4.79 Å². The third kappa shape index (κ3) is 3.55. The number of hydrogen-bond acceptors (Lipinski definition) is 5. The van der Waals surface area contributed by atoms with Gasteiger partial charge in [-0.15, -0.1) is 0 Å². The van der Waals surface area contributed by atoms with Gasteiger partial charge >= 0.3 is 0 Å². The van der Waals surface area contributed by atoms with E-state index in [4.69, 9.17) is 12.2 Å². The highest BCUT2D eigenvalue weighted by atomic mass is 32.1. The van der Waals surface area contributed by atoms with Crippen molar-refractivity contribution in [2.75, 3.05) is 12.4 Å². The molecule has 6 nitrogen and oxygen atoms in total. The van der Waals surface area contributed by atoms with E-state index in [1.54, 1.807) is 14.0 Å². The number of thiazole rings is 1. The van der Waals surface area contributed by atoms with E-state index < -0.39 is 6.04 Å². The molecule has 1 aromatic heterocycles. The van der Waals surface area contributed by atoms with Crippen LogP contribution in [0.15, 0.2) is 24.3 Å². The van der Waals surface area contributed by atoms with E-state index in [0.717, 1.165) is 10.2 Å². The Balaban J connectivity index is 1.94. The molecule has 8 heteroatoms. The molecule has 2 rings (SSSR count). The van der Waals surface area contributed by atoms with Crippen molar-refractivity contribution >= 4 is 49.9 Å². The molecule has 2 aromatic rings. The van der Waals surface area contributed by atoms with Gasteiger partial charge in [0, 0.05) is 7.05 Å². The number of benzene rings is 1. The second-order valence-corrected chi connectivity index (χ2v) is 5.49. The number of carbonyl (C=O) groups is 1. The van der Waals surface area contributed by atoms with Crippen LogP contribution in [0.4, 0.5) is 5.13 Å². The average molecular weight is 309 g/mol. The Morgan fingerprint density at radius 3 is 2.80 bits per heavy atom.